The van der Waals surface area contributed by atoms with E-state index in [9.17, 15) is 15.0 Å². The predicted molar refractivity (Wildman–Crippen MR) is 84.1 cm³/mol. The van der Waals surface area contributed by atoms with Gasteiger partial charge in [0.1, 0.15) is 5.78 Å². The van der Waals surface area contributed by atoms with E-state index in [0.29, 0.717) is 29.5 Å². The third-order valence-electron chi connectivity index (χ3n) is 8.54. The van der Waals surface area contributed by atoms with Crippen molar-refractivity contribution < 1.29 is 15.0 Å². The molecule has 4 aliphatic carbocycles. The Bertz CT molecular complexity index is 489. The molecule has 8 atom stereocenters. The van der Waals surface area contributed by atoms with Gasteiger partial charge in [0.25, 0.3) is 0 Å². The molecular weight excluding hydrogens is 276 g/mol. The van der Waals surface area contributed by atoms with Crippen molar-refractivity contribution in [1.82, 2.24) is 0 Å². The minimum atomic E-state index is -0.385. The van der Waals surface area contributed by atoms with Crippen LogP contribution < -0.4 is 0 Å². The summed E-state index contributed by atoms with van der Waals surface area (Å²) in [5, 5.41) is 21.3. The van der Waals surface area contributed by atoms with Crippen LogP contribution in [0, 0.1) is 34.5 Å². The highest BCUT2D eigenvalue weighted by Gasteiger charge is 2.63. The number of carbonyl (C=O) groups is 1. The summed E-state index contributed by atoms with van der Waals surface area (Å²) in [7, 11) is 0. The number of fused-ring (bicyclic) bond motifs is 5. The van der Waals surface area contributed by atoms with Gasteiger partial charge in [-0.3, -0.25) is 4.79 Å². The zero-order chi connectivity index (χ0) is 15.7. The van der Waals surface area contributed by atoms with Gasteiger partial charge < -0.3 is 10.2 Å². The van der Waals surface area contributed by atoms with Gasteiger partial charge in [0.2, 0.25) is 0 Å². The van der Waals surface area contributed by atoms with Crippen molar-refractivity contribution in [3.05, 3.63) is 0 Å². The van der Waals surface area contributed by atoms with E-state index < -0.39 is 0 Å². The van der Waals surface area contributed by atoms with E-state index in [1.54, 1.807) is 0 Å². The highest BCUT2D eigenvalue weighted by atomic mass is 16.3. The van der Waals surface area contributed by atoms with Crippen molar-refractivity contribution in [3.8, 4) is 0 Å². The molecule has 3 nitrogen and oxygen atoms in total. The third-order valence-corrected chi connectivity index (χ3v) is 8.54. The van der Waals surface area contributed by atoms with Gasteiger partial charge in [0.05, 0.1) is 12.2 Å². The fraction of sp³-hybridized carbons (Fsp3) is 0.947. The van der Waals surface area contributed by atoms with Gasteiger partial charge in [-0.15, -0.1) is 0 Å². The van der Waals surface area contributed by atoms with Crippen LogP contribution in [0.3, 0.4) is 0 Å². The molecule has 0 aromatic heterocycles. The van der Waals surface area contributed by atoms with E-state index in [2.05, 4.69) is 13.8 Å². The van der Waals surface area contributed by atoms with Crippen LogP contribution >= 0.6 is 0 Å². The molecule has 124 valence electrons. The Balaban J connectivity index is 1.68. The maximum absolute atomic E-state index is 11.9. The lowest BCUT2D eigenvalue weighted by Gasteiger charge is -2.61. The SMILES string of the molecule is C[C@]12CCC(=O)C[C@@H]1CC[C@@H]1[C@@H]2C[C@H](O)[C@]2(C)[C@@H](O)CC[C@@H]12. The molecule has 0 aromatic carbocycles. The molecule has 22 heavy (non-hydrogen) atoms. The van der Waals surface area contributed by atoms with E-state index in [1.807, 2.05) is 0 Å². The Kier molecular flexibility index (Phi) is 3.30. The molecule has 4 rings (SSSR count). The molecule has 4 saturated carbocycles. The van der Waals surface area contributed by atoms with E-state index >= 15 is 0 Å². The Morgan fingerprint density at radius 2 is 1.77 bits per heavy atom. The molecule has 0 aromatic rings. The largest absolute Gasteiger partial charge is 0.392 e. The molecule has 0 spiro atoms. The number of rotatable bonds is 0. The van der Waals surface area contributed by atoms with E-state index in [-0.39, 0.29) is 23.0 Å². The van der Waals surface area contributed by atoms with Gasteiger partial charge in [-0.1, -0.05) is 13.8 Å². The molecule has 0 unspecified atom stereocenters. The second-order valence-corrected chi connectivity index (χ2v) is 9.11. The predicted octanol–water partition coefficient (Wildman–Crippen LogP) is 2.93. The average Bonchev–Trinajstić information content (AvgIpc) is 2.79. The highest BCUT2D eigenvalue weighted by Crippen LogP contribution is 2.65. The summed E-state index contributed by atoms with van der Waals surface area (Å²) in [6.07, 6.45) is 6.88. The van der Waals surface area contributed by atoms with Gasteiger partial charge in [-0.05, 0) is 67.6 Å². The first-order valence-corrected chi connectivity index (χ1v) is 9.25. The molecule has 3 heteroatoms. The van der Waals surface area contributed by atoms with E-state index in [4.69, 9.17) is 0 Å². The smallest absolute Gasteiger partial charge is 0.133 e. The molecular formula is C19H30O3. The Labute approximate surface area is 133 Å². The number of ketones is 1. The number of hydrogen-bond donors (Lipinski definition) is 2. The average molecular weight is 306 g/mol. The molecule has 0 amide bonds. The van der Waals surface area contributed by atoms with Gasteiger partial charge in [-0.2, -0.15) is 0 Å². The third kappa shape index (κ3) is 1.78. The van der Waals surface area contributed by atoms with Crippen LogP contribution in [0.5, 0.6) is 0 Å². The van der Waals surface area contributed by atoms with E-state index in [0.717, 1.165) is 38.5 Å². The number of Topliss-reactive ketones (excluding diaryl/α,β-unsaturated/α-hetero) is 1. The maximum Gasteiger partial charge on any atom is 0.133 e. The quantitative estimate of drug-likeness (QED) is 0.723. The van der Waals surface area contributed by atoms with Gasteiger partial charge in [0.15, 0.2) is 0 Å². The number of hydrogen-bond acceptors (Lipinski definition) is 3. The fourth-order valence-corrected chi connectivity index (χ4v) is 7.00. The first kappa shape index (κ1) is 15.1. The zero-order valence-electron chi connectivity index (χ0n) is 13.9. The first-order chi connectivity index (χ1) is 10.4. The number of carbonyl (C=O) groups excluding carboxylic acids is 1. The first-order valence-electron chi connectivity index (χ1n) is 9.25. The standard InChI is InChI=1S/C19H30O3/c1-18-8-7-12(20)9-11(18)3-4-13-14-5-6-16(21)19(14,2)17(22)10-15(13)18/h11,13-17,21-22H,3-10H2,1-2H3/t11-,13-,14-,15-,16-,17-,18-,19-/m0/s1. The Morgan fingerprint density at radius 3 is 2.55 bits per heavy atom. The lowest BCUT2D eigenvalue weighted by Crippen LogP contribution is -2.59. The van der Waals surface area contributed by atoms with Crippen molar-refractivity contribution in [1.29, 1.82) is 0 Å². The summed E-state index contributed by atoms with van der Waals surface area (Å²) < 4.78 is 0. The van der Waals surface area contributed by atoms with Crippen molar-refractivity contribution in [2.24, 2.45) is 34.5 Å². The van der Waals surface area contributed by atoms with Crippen molar-refractivity contribution in [2.45, 2.75) is 77.4 Å². The molecule has 0 radical (unpaired) electrons. The summed E-state index contributed by atoms with van der Waals surface area (Å²) in [5.74, 6) is 2.61. The molecule has 0 bridgehead atoms. The van der Waals surface area contributed by atoms with Gasteiger partial charge in [0, 0.05) is 18.3 Å². The second kappa shape index (κ2) is 4.80. The fourth-order valence-electron chi connectivity index (χ4n) is 7.00. The summed E-state index contributed by atoms with van der Waals surface area (Å²) in [4.78, 5) is 11.9. The van der Waals surface area contributed by atoms with Gasteiger partial charge in [-0.25, -0.2) is 0 Å². The highest BCUT2D eigenvalue weighted by molar-refractivity contribution is 5.79. The maximum atomic E-state index is 11.9. The van der Waals surface area contributed by atoms with Crippen molar-refractivity contribution in [2.75, 3.05) is 0 Å². The number of aliphatic hydroxyl groups is 2. The van der Waals surface area contributed by atoms with Crippen LogP contribution in [0.25, 0.3) is 0 Å². The topological polar surface area (TPSA) is 57.5 Å². The van der Waals surface area contributed by atoms with Crippen LogP contribution in [-0.2, 0) is 4.79 Å². The molecule has 0 saturated heterocycles. The summed E-state index contributed by atoms with van der Waals surface area (Å²) >= 11 is 0. The van der Waals surface area contributed by atoms with Crippen LogP contribution in [0.2, 0.25) is 0 Å². The van der Waals surface area contributed by atoms with Crippen LogP contribution in [0.15, 0.2) is 0 Å². The second-order valence-electron chi connectivity index (χ2n) is 9.11. The Hall–Kier alpha value is -0.410. The lowest BCUT2D eigenvalue weighted by molar-refractivity contribution is -0.176. The summed E-state index contributed by atoms with van der Waals surface area (Å²) in [6, 6.07) is 0. The normalized spacial score (nSPS) is 57.9. The minimum Gasteiger partial charge on any atom is -0.392 e. The van der Waals surface area contributed by atoms with Gasteiger partial charge >= 0.3 is 0 Å². The lowest BCUT2D eigenvalue weighted by atomic mass is 9.44. The van der Waals surface area contributed by atoms with Crippen LogP contribution in [-0.4, -0.2) is 28.2 Å². The minimum absolute atomic E-state index is 0.229. The number of aliphatic hydroxyl groups excluding tert-OH is 2. The zero-order valence-corrected chi connectivity index (χ0v) is 13.9. The van der Waals surface area contributed by atoms with Crippen LogP contribution in [0.4, 0.5) is 0 Å². The monoisotopic (exact) mass is 306 g/mol. The molecule has 4 aliphatic rings. The molecule has 2 N–H and O–H groups in total. The van der Waals surface area contributed by atoms with Crippen molar-refractivity contribution >= 4 is 5.78 Å². The molecule has 0 aliphatic heterocycles. The Morgan fingerprint density at radius 1 is 1.00 bits per heavy atom. The summed E-state index contributed by atoms with van der Waals surface area (Å²) in [6.45, 7) is 4.51. The van der Waals surface area contributed by atoms with E-state index in [1.165, 1.54) is 12.8 Å². The summed E-state index contributed by atoms with van der Waals surface area (Å²) in [5.41, 5.74) is -0.0679. The van der Waals surface area contributed by atoms with Crippen LogP contribution in [0.1, 0.15) is 65.2 Å². The van der Waals surface area contributed by atoms with Crippen molar-refractivity contribution in [3.63, 3.8) is 0 Å². The molecule has 4 fully saturated rings. The molecule has 0 heterocycles.